The molecule has 0 aliphatic rings. The molecule has 1 heterocycles. The number of nitrogens with zero attached hydrogens (tertiary/aromatic N) is 1. The standard InChI is InChI=1S/C19H16BrNO3/c1-13-18(17(11-22)23-12-14-5-3-2-4-6-14)19(24-21-13)15-7-9-16(20)10-8-15/h2-11,17H,12H2,1H3. The Morgan fingerprint density at radius 1 is 1.17 bits per heavy atom. The molecule has 0 aliphatic carbocycles. The maximum absolute atomic E-state index is 11.6. The van der Waals surface area contributed by atoms with Crippen molar-refractivity contribution in [3.8, 4) is 11.3 Å². The fourth-order valence-corrected chi connectivity index (χ4v) is 2.74. The van der Waals surface area contributed by atoms with Gasteiger partial charge in [0.2, 0.25) is 0 Å². The summed E-state index contributed by atoms with van der Waals surface area (Å²) in [6.45, 7) is 2.15. The second-order valence-corrected chi connectivity index (χ2v) is 6.29. The Morgan fingerprint density at radius 2 is 1.88 bits per heavy atom. The van der Waals surface area contributed by atoms with Gasteiger partial charge in [0, 0.05) is 10.0 Å². The maximum Gasteiger partial charge on any atom is 0.173 e. The van der Waals surface area contributed by atoms with Gasteiger partial charge in [-0.1, -0.05) is 63.6 Å². The zero-order chi connectivity index (χ0) is 16.9. The van der Waals surface area contributed by atoms with Gasteiger partial charge < -0.3 is 14.1 Å². The van der Waals surface area contributed by atoms with Crippen LogP contribution < -0.4 is 0 Å². The summed E-state index contributed by atoms with van der Waals surface area (Å²) in [5.41, 5.74) is 3.17. The van der Waals surface area contributed by atoms with Crippen molar-refractivity contribution < 1.29 is 14.1 Å². The number of halogens is 1. The molecule has 0 amide bonds. The highest BCUT2D eigenvalue weighted by Crippen LogP contribution is 2.33. The number of aldehydes is 1. The number of carbonyl (C=O) groups is 1. The van der Waals surface area contributed by atoms with Crippen molar-refractivity contribution in [1.29, 1.82) is 0 Å². The quantitative estimate of drug-likeness (QED) is 0.568. The number of carbonyl (C=O) groups excluding carboxylic acids is 1. The smallest absolute Gasteiger partial charge is 0.173 e. The van der Waals surface area contributed by atoms with E-state index in [4.69, 9.17) is 9.26 Å². The molecule has 0 aliphatic heterocycles. The van der Waals surface area contributed by atoms with Crippen LogP contribution >= 0.6 is 15.9 Å². The zero-order valence-corrected chi connectivity index (χ0v) is 14.7. The molecule has 1 atom stereocenters. The van der Waals surface area contributed by atoms with Gasteiger partial charge in [-0.15, -0.1) is 0 Å². The summed E-state index contributed by atoms with van der Waals surface area (Å²) in [4.78, 5) is 11.6. The van der Waals surface area contributed by atoms with Gasteiger partial charge in [0.1, 0.15) is 6.10 Å². The summed E-state index contributed by atoms with van der Waals surface area (Å²) >= 11 is 3.41. The van der Waals surface area contributed by atoms with Crippen molar-refractivity contribution in [1.82, 2.24) is 5.16 Å². The van der Waals surface area contributed by atoms with Gasteiger partial charge in [0.25, 0.3) is 0 Å². The highest BCUT2D eigenvalue weighted by Gasteiger charge is 2.24. The van der Waals surface area contributed by atoms with Gasteiger partial charge in [0.05, 0.1) is 17.9 Å². The third-order valence-electron chi connectivity index (χ3n) is 3.70. The molecule has 1 unspecified atom stereocenters. The van der Waals surface area contributed by atoms with E-state index < -0.39 is 6.10 Å². The van der Waals surface area contributed by atoms with Crippen molar-refractivity contribution in [3.05, 3.63) is 75.9 Å². The average Bonchev–Trinajstić information content (AvgIpc) is 2.99. The maximum atomic E-state index is 11.6. The Labute approximate surface area is 148 Å². The van der Waals surface area contributed by atoms with E-state index in [2.05, 4.69) is 21.1 Å². The SMILES string of the molecule is Cc1noc(-c2ccc(Br)cc2)c1C(C=O)OCc1ccccc1. The van der Waals surface area contributed by atoms with E-state index in [1.807, 2.05) is 61.5 Å². The molecule has 1 aromatic heterocycles. The van der Waals surface area contributed by atoms with Gasteiger partial charge in [-0.25, -0.2) is 0 Å². The summed E-state index contributed by atoms with van der Waals surface area (Å²) in [7, 11) is 0. The topological polar surface area (TPSA) is 52.3 Å². The zero-order valence-electron chi connectivity index (χ0n) is 13.1. The molecule has 122 valence electrons. The van der Waals surface area contributed by atoms with Crippen LogP contribution in [0, 0.1) is 6.92 Å². The van der Waals surface area contributed by atoms with Crippen molar-refractivity contribution in [2.75, 3.05) is 0 Å². The number of benzene rings is 2. The second kappa shape index (κ2) is 7.55. The molecular weight excluding hydrogens is 370 g/mol. The van der Waals surface area contributed by atoms with Gasteiger partial charge in [0.15, 0.2) is 12.0 Å². The minimum absolute atomic E-state index is 0.342. The molecule has 0 spiro atoms. The number of ether oxygens (including phenoxy) is 1. The molecule has 5 heteroatoms. The third kappa shape index (κ3) is 3.63. The third-order valence-corrected chi connectivity index (χ3v) is 4.22. The highest BCUT2D eigenvalue weighted by atomic mass is 79.9. The van der Waals surface area contributed by atoms with Crippen LogP contribution in [0.2, 0.25) is 0 Å². The van der Waals surface area contributed by atoms with E-state index in [1.165, 1.54) is 0 Å². The van der Waals surface area contributed by atoms with E-state index in [0.717, 1.165) is 21.9 Å². The first-order valence-corrected chi connectivity index (χ1v) is 8.31. The molecule has 4 nitrogen and oxygen atoms in total. The van der Waals surface area contributed by atoms with Gasteiger partial charge >= 0.3 is 0 Å². The lowest BCUT2D eigenvalue weighted by Gasteiger charge is -2.13. The number of aryl methyl sites for hydroxylation is 1. The van der Waals surface area contributed by atoms with E-state index >= 15 is 0 Å². The predicted molar refractivity (Wildman–Crippen MR) is 94.4 cm³/mol. The molecular formula is C19H16BrNO3. The molecule has 0 fully saturated rings. The molecule has 0 radical (unpaired) electrons. The van der Waals surface area contributed by atoms with Crippen LogP contribution in [-0.4, -0.2) is 11.4 Å². The average molecular weight is 386 g/mol. The van der Waals surface area contributed by atoms with Crippen LogP contribution in [-0.2, 0) is 16.1 Å². The summed E-state index contributed by atoms with van der Waals surface area (Å²) < 4.78 is 12.2. The molecule has 0 N–H and O–H groups in total. The van der Waals surface area contributed by atoms with Gasteiger partial charge in [-0.05, 0) is 24.6 Å². The Balaban J connectivity index is 1.87. The Bertz CT molecular complexity index is 812. The summed E-state index contributed by atoms with van der Waals surface area (Å²) in [6.07, 6.45) is 0.0558. The lowest BCUT2D eigenvalue weighted by molar-refractivity contribution is -0.119. The van der Waals surface area contributed by atoms with Crippen LogP contribution in [0.4, 0.5) is 0 Å². The van der Waals surface area contributed by atoms with E-state index in [9.17, 15) is 4.79 Å². The van der Waals surface area contributed by atoms with E-state index in [0.29, 0.717) is 23.6 Å². The minimum Gasteiger partial charge on any atom is -0.361 e. The van der Waals surface area contributed by atoms with Crippen LogP contribution in [0.3, 0.4) is 0 Å². The molecule has 24 heavy (non-hydrogen) atoms. The molecule has 2 aromatic carbocycles. The summed E-state index contributed by atoms with van der Waals surface area (Å²) in [6, 6.07) is 17.4. The first kappa shape index (κ1) is 16.6. The number of rotatable bonds is 6. The van der Waals surface area contributed by atoms with Crippen LogP contribution in [0.15, 0.2) is 63.6 Å². The Kier molecular flexibility index (Phi) is 5.23. The fourth-order valence-electron chi connectivity index (χ4n) is 2.47. The fraction of sp³-hybridized carbons (Fsp3) is 0.158. The lowest BCUT2D eigenvalue weighted by atomic mass is 10.0. The summed E-state index contributed by atoms with van der Waals surface area (Å²) in [5, 5.41) is 4.01. The van der Waals surface area contributed by atoms with Crippen molar-refractivity contribution >= 4 is 22.2 Å². The van der Waals surface area contributed by atoms with Gasteiger partial charge in [-0.3, -0.25) is 0 Å². The molecule has 0 bridgehead atoms. The molecule has 0 saturated carbocycles. The number of aromatic nitrogens is 1. The second-order valence-electron chi connectivity index (χ2n) is 5.37. The summed E-state index contributed by atoms with van der Waals surface area (Å²) in [5.74, 6) is 0.560. The normalized spacial score (nSPS) is 12.1. The van der Waals surface area contributed by atoms with E-state index in [-0.39, 0.29) is 0 Å². The first-order valence-electron chi connectivity index (χ1n) is 7.52. The number of hydrogen-bond donors (Lipinski definition) is 0. The Morgan fingerprint density at radius 3 is 2.54 bits per heavy atom. The largest absolute Gasteiger partial charge is 0.361 e. The van der Waals surface area contributed by atoms with Crippen molar-refractivity contribution in [2.45, 2.75) is 19.6 Å². The van der Waals surface area contributed by atoms with Gasteiger partial charge in [-0.2, -0.15) is 0 Å². The van der Waals surface area contributed by atoms with Crippen molar-refractivity contribution in [3.63, 3.8) is 0 Å². The lowest BCUT2D eigenvalue weighted by Crippen LogP contribution is -2.08. The van der Waals surface area contributed by atoms with Crippen LogP contribution in [0.25, 0.3) is 11.3 Å². The first-order chi connectivity index (χ1) is 11.7. The predicted octanol–water partition coefficient (Wildman–Crippen LogP) is 4.87. The van der Waals surface area contributed by atoms with Crippen molar-refractivity contribution in [2.24, 2.45) is 0 Å². The highest BCUT2D eigenvalue weighted by molar-refractivity contribution is 9.10. The number of hydrogen-bond acceptors (Lipinski definition) is 4. The molecule has 3 aromatic rings. The van der Waals surface area contributed by atoms with E-state index in [1.54, 1.807) is 0 Å². The Hall–Kier alpha value is -2.24. The minimum atomic E-state index is -0.727. The molecule has 0 saturated heterocycles. The monoisotopic (exact) mass is 385 g/mol. The van der Waals surface area contributed by atoms with Crippen LogP contribution in [0.1, 0.15) is 22.9 Å². The molecule has 3 rings (SSSR count). The van der Waals surface area contributed by atoms with Crippen LogP contribution in [0.5, 0.6) is 0 Å².